The first-order valence-corrected chi connectivity index (χ1v) is 10.3. The second-order valence-electron chi connectivity index (χ2n) is 7.80. The van der Waals surface area contributed by atoms with Crippen molar-refractivity contribution in [1.29, 1.82) is 0 Å². The maximum atomic E-state index is 13.5. The third-order valence-electron chi connectivity index (χ3n) is 5.47. The monoisotopic (exact) mass is 383 g/mol. The molecule has 140 valence electrons. The Bertz CT molecular complexity index is 1090. The number of para-hydroxylation sites is 1. The van der Waals surface area contributed by atoms with Gasteiger partial charge in [0.2, 0.25) is 0 Å². The second-order valence-corrected chi connectivity index (χ2v) is 9.59. The summed E-state index contributed by atoms with van der Waals surface area (Å²) in [4.78, 5) is 0.226. The van der Waals surface area contributed by atoms with Gasteiger partial charge in [0.1, 0.15) is 0 Å². The fraction of sp³-hybridized carbons (Fsp3) is 0.300. The van der Waals surface area contributed by atoms with E-state index in [0.717, 1.165) is 5.39 Å². The number of rotatable bonds is 3. The van der Waals surface area contributed by atoms with E-state index in [9.17, 15) is 8.42 Å². The van der Waals surface area contributed by atoms with Gasteiger partial charge in [-0.3, -0.25) is 0 Å². The molecule has 0 radical (unpaired) electrons. The lowest BCUT2D eigenvalue weighted by Crippen LogP contribution is -2.41. The quantitative estimate of drug-likeness (QED) is 0.652. The smallest absolute Gasteiger partial charge is 0.398 e. The summed E-state index contributed by atoms with van der Waals surface area (Å²) in [6, 6.07) is 17.6. The Balaban J connectivity index is 1.95. The van der Waals surface area contributed by atoms with Crippen LogP contribution in [0.15, 0.2) is 65.6 Å². The van der Waals surface area contributed by atoms with Gasteiger partial charge < -0.3 is 9.31 Å². The SMILES string of the molecule is CC1(C)OB(c2cc3ccccc3n2S(=O)(=O)c2ccccc2)OC1(C)C. The minimum atomic E-state index is -3.81. The molecule has 0 spiro atoms. The van der Waals surface area contributed by atoms with Crippen molar-refractivity contribution in [2.24, 2.45) is 0 Å². The van der Waals surface area contributed by atoms with E-state index in [2.05, 4.69) is 0 Å². The molecular weight excluding hydrogens is 361 g/mol. The van der Waals surface area contributed by atoms with Crippen molar-refractivity contribution in [3.63, 3.8) is 0 Å². The number of hydrogen-bond donors (Lipinski definition) is 0. The zero-order chi connectivity index (χ0) is 19.4. The van der Waals surface area contributed by atoms with E-state index >= 15 is 0 Å². The molecule has 2 aromatic carbocycles. The molecule has 1 fully saturated rings. The number of nitrogens with zero attached hydrogens (tertiary/aromatic N) is 1. The first-order chi connectivity index (χ1) is 12.6. The molecule has 0 aliphatic carbocycles. The molecule has 2 heterocycles. The Labute approximate surface area is 160 Å². The van der Waals surface area contributed by atoms with Crippen molar-refractivity contribution >= 4 is 33.6 Å². The highest BCUT2D eigenvalue weighted by Gasteiger charge is 2.53. The zero-order valence-corrected chi connectivity index (χ0v) is 16.7. The lowest BCUT2D eigenvalue weighted by molar-refractivity contribution is 0.00578. The van der Waals surface area contributed by atoms with E-state index in [1.54, 1.807) is 36.4 Å². The van der Waals surface area contributed by atoms with Crippen LogP contribution in [-0.4, -0.2) is 30.7 Å². The van der Waals surface area contributed by atoms with Crippen molar-refractivity contribution < 1.29 is 17.7 Å². The predicted molar refractivity (Wildman–Crippen MR) is 107 cm³/mol. The molecule has 1 aliphatic heterocycles. The lowest BCUT2D eigenvalue weighted by Gasteiger charge is -2.32. The highest BCUT2D eigenvalue weighted by Crippen LogP contribution is 2.37. The van der Waals surface area contributed by atoms with Crippen LogP contribution in [0.5, 0.6) is 0 Å². The standard InChI is InChI=1S/C20H22BNO4S/c1-19(2)20(3,4)26-21(25-19)18-14-15-10-8-9-13-17(15)22(18)27(23,24)16-11-6-5-7-12-16/h5-14H,1-4H3. The van der Waals surface area contributed by atoms with E-state index < -0.39 is 28.3 Å². The summed E-state index contributed by atoms with van der Waals surface area (Å²) in [5, 5.41) is 0.821. The Morgan fingerprint density at radius 2 is 1.41 bits per heavy atom. The van der Waals surface area contributed by atoms with Crippen LogP contribution in [0, 0.1) is 0 Å². The average molecular weight is 383 g/mol. The van der Waals surface area contributed by atoms with Crippen LogP contribution < -0.4 is 5.59 Å². The van der Waals surface area contributed by atoms with Gasteiger partial charge in [-0.2, -0.15) is 0 Å². The Morgan fingerprint density at radius 3 is 2.04 bits per heavy atom. The average Bonchev–Trinajstić information content (AvgIpc) is 3.11. The summed E-state index contributed by atoms with van der Waals surface area (Å²) in [6.45, 7) is 7.80. The molecule has 27 heavy (non-hydrogen) atoms. The molecule has 4 rings (SSSR count). The lowest BCUT2D eigenvalue weighted by atomic mass is 9.85. The van der Waals surface area contributed by atoms with Crippen LogP contribution in [-0.2, 0) is 19.3 Å². The summed E-state index contributed by atoms with van der Waals surface area (Å²) in [7, 11) is -4.59. The van der Waals surface area contributed by atoms with E-state index in [1.165, 1.54) is 3.97 Å². The molecule has 0 unspecified atom stereocenters. The number of fused-ring (bicyclic) bond motifs is 1. The zero-order valence-electron chi connectivity index (χ0n) is 15.8. The maximum Gasteiger partial charge on any atom is 0.513 e. The first kappa shape index (κ1) is 18.3. The van der Waals surface area contributed by atoms with Crippen molar-refractivity contribution in [3.8, 4) is 0 Å². The van der Waals surface area contributed by atoms with Gasteiger partial charge in [0, 0.05) is 5.39 Å². The van der Waals surface area contributed by atoms with E-state index in [1.807, 2.05) is 52.0 Å². The van der Waals surface area contributed by atoms with Crippen LogP contribution >= 0.6 is 0 Å². The van der Waals surface area contributed by atoms with Gasteiger partial charge in [0.15, 0.2) is 0 Å². The minimum Gasteiger partial charge on any atom is -0.398 e. The molecule has 0 saturated carbocycles. The topological polar surface area (TPSA) is 57.5 Å². The third-order valence-corrected chi connectivity index (χ3v) is 7.23. The molecular formula is C20H22BNO4S. The largest absolute Gasteiger partial charge is 0.513 e. The van der Waals surface area contributed by atoms with E-state index in [-0.39, 0.29) is 4.90 Å². The van der Waals surface area contributed by atoms with Gasteiger partial charge in [-0.05, 0) is 52.0 Å². The van der Waals surface area contributed by atoms with Gasteiger partial charge in [-0.25, -0.2) is 12.4 Å². The van der Waals surface area contributed by atoms with Crippen LogP contribution in [0.1, 0.15) is 27.7 Å². The predicted octanol–water partition coefficient (Wildman–Crippen LogP) is 3.18. The molecule has 0 atom stereocenters. The Kier molecular flexibility index (Phi) is 4.03. The molecule has 5 nitrogen and oxygen atoms in total. The van der Waals surface area contributed by atoms with Gasteiger partial charge in [-0.15, -0.1) is 0 Å². The summed E-state index contributed by atoms with van der Waals surface area (Å²) < 4.78 is 40.6. The van der Waals surface area contributed by atoms with E-state index in [4.69, 9.17) is 9.31 Å². The maximum absolute atomic E-state index is 13.5. The fourth-order valence-electron chi connectivity index (χ4n) is 3.25. The highest BCUT2D eigenvalue weighted by atomic mass is 32.2. The normalized spacial score (nSPS) is 18.9. The highest BCUT2D eigenvalue weighted by molar-refractivity contribution is 7.90. The fourth-order valence-corrected chi connectivity index (χ4v) is 4.80. The molecule has 3 aromatic rings. The molecule has 1 aliphatic rings. The molecule has 0 N–H and O–H groups in total. The van der Waals surface area contributed by atoms with Crippen LogP contribution in [0.2, 0.25) is 0 Å². The molecule has 7 heteroatoms. The second kappa shape index (κ2) is 5.96. The van der Waals surface area contributed by atoms with Gasteiger partial charge >= 0.3 is 7.12 Å². The van der Waals surface area contributed by atoms with Gasteiger partial charge in [-0.1, -0.05) is 36.4 Å². The van der Waals surface area contributed by atoms with E-state index in [0.29, 0.717) is 11.1 Å². The summed E-state index contributed by atoms with van der Waals surface area (Å²) >= 11 is 0. The molecule has 1 saturated heterocycles. The van der Waals surface area contributed by atoms with Gasteiger partial charge in [0.05, 0.1) is 27.2 Å². The summed E-state index contributed by atoms with van der Waals surface area (Å²) in [6.07, 6.45) is 0. The minimum absolute atomic E-state index is 0.226. The van der Waals surface area contributed by atoms with Crippen molar-refractivity contribution in [2.75, 3.05) is 0 Å². The van der Waals surface area contributed by atoms with Crippen molar-refractivity contribution in [1.82, 2.24) is 3.97 Å². The van der Waals surface area contributed by atoms with Crippen molar-refractivity contribution in [3.05, 3.63) is 60.7 Å². The van der Waals surface area contributed by atoms with Crippen molar-refractivity contribution in [2.45, 2.75) is 43.8 Å². The third kappa shape index (κ3) is 2.81. The van der Waals surface area contributed by atoms with Crippen LogP contribution in [0.4, 0.5) is 0 Å². The Morgan fingerprint density at radius 1 is 0.852 bits per heavy atom. The summed E-state index contributed by atoms with van der Waals surface area (Å²) in [5.41, 5.74) is -0.0463. The molecule has 0 bridgehead atoms. The number of aromatic nitrogens is 1. The van der Waals surface area contributed by atoms with Crippen LogP contribution in [0.3, 0.4) is 0 Å². The van der Waals surface area contributed by atoms with Crippen LogP contribution in [0.25, 0.3) is 10.9 Å². The summed E-state index contributed by atoms with van der Waals surface area (Å²) in [5.74, 6) is 0. The number of benzene rings is 2. The molecule has 0 amide bonds. The number of hydrogen-bond acceptors (Lipinski definition) is 4. The first-order valence-electron chi connectivity index (χ1n) is 8.90. The van der Waals surface area contributed by atoms with Gasteiger partial charge in [0.25, 0.3) is 10.0 Å². The molecule has 1 aromatic heterocycles. The Hall–Kier alpha value is -2.09.